The summed E-state index contributed by atoms with van der Waals surface area (Å²) in [5.74, 6) is -2.85. The Balaban J connectivity index is 1.35. The first-order valence-electron chi connectivity index (χ1n) is 15.9. The highest BCUT2D eigenvalue weighted by atomic mass is 19.1. The first kappa shape index (κ1) is 33.7. The smallest absolute Gasteiger partial charge is 0.410 e. The molecule has 2 saturated carbocycles. The monoisotopic (exact) mass is 652 g/mol. The molecule has 2 heterocycles. The van der Waals surface area contributed by atoms with Gasteiger partial charge in [-0.15, -0.1) is 6.58 Å². The van der Waals surface area contributed by atoms with E-state index >= 15 is 0 Å². The molecule has 0 aromatic heterocycles. The molecular formula is C33H41FN6O7. The Hall–Kier alpha value is -4.67. The van der Waals surface area contributed by atoms with E-state index in [1.807, 2.05) is 0 Å². The maximum absolute atomic E-state index is 14.3. The lowest BCUT2D eigenvalue weighted by atomic mass is 9.85. The molecule has 47 heavy (non-hydrogen) atoms. The molecule has 0 spiro atoms. The van der Waals surface area contributed by atoms with Crippen LogP contribution < -0.4 is 16.0 Å². The van der Waals surface area contributed by atoms with Crippen LogP contribution in [0.5, 0.6) is 0 Å². The minimum Gasteiger partial charge on any atom is -0.446 e. The van der Waals surface area contributed by atoms with Gasteiger partial charge in [0, 0.05) is 24.4 Å². The van der Waals surface area contributed by atoms with Crippen LogP contribution >= 0.6 is 0 Å². The molecule has 2 aliphatic heterocycles. The van der Waals surface area contributed by atoms with Gasteiger partial charge < -0.3 is 25.0 Å². The number of amides is 5. The number of likely N-dealkylation sites (tertiary alicyclic amines) is 1. The van der Waals surface area contributed by atoms with Crippen molar-refractivity contribution in [2.24, 2.45) is 11.3 Å². The molecule has 13 nitrogen and oxygen atoms in total. The van der Waals surface area contributed by atoms with Crippen molar-refractivity contribution in [1.82, 2.24) is 25.8 Å². The van der Waals surface area contributed by atoms with Gasteiger partial charge in [-0.25, -0.2) is 14.0 Å². The zero-order chi connectivity index (χ0) is 34.1. The van der Waals surface area contributed by atoms with Crippen LogP contribution in [0.2, 0.25) is 0 Å². The average Bonchev–Trinajstić information content (AvgIpc) is 3.43. The zero-order valence-electron chi connectivity index (χ0n) is 26.8. The molecule has 1 unspecified atom stereocenters. The standard InChI is InChI=1S/C33H41FN6O7/c1-5-20-14-33(20,29(43)36-18-35)38-27(41)25-13-22(47-31(45)39-15-19-9-8-12-24(34)23(19)17-39)16-40(25)28(42)26(32(2,3)4)37-30(44)46-21-10-6-7-11-21/h5,8-9,12,20-22,25-26H,1,6-7,10-11,13-17H2,2-4H3,(H,36,43)(H,37,44)(H,38,41)/t20?,22-,25+,26+,33-/m1/s1. The van der Waals surface area contributed by atoms with Gasteiger partial charge in [-0.05, 0) is 49.1 Å². The molecule has 5 atom stereocenters. The van der Waals surface area contributed by atoms with Crippen molar-refractivity contribution in [2.45, 2.75) is 102 Å². The Labute approximate surface area is 272 Å². The van der Waals surface area contributed by atoms with E-state index in [-0.39, 0.29) is 38.6 Å². The van der Waals surface area contributed by atoms with Crippen LogP contribution in [0.1, 0.15) is 70.4 Å². The molecule has 5 amide bonds. The zero-order valence-corrected chi connectivity index (χ0v) is 26.8. The summed E-state index contributed by atoms with van der Waals surface area (Å²) in [7, 11) is 0. The molecule has 252 valence electrons. The van der Waals surface area contributed by atoms with E-state index in [0.29, 0.717) is 11.1 Å². The van der Waals surface area contributed by atoms with Crippen LogP contribution in [0, 0.1) is 28.6 Å². The number of rotatable bonds is 8. The lowest BCUT2D eigenvalue weighted by molar-refractivity contribution is -0.143. The van der Waals surface area contributed by atoms with Crippen LogP contribution in [-0.4, -0.2) is 76.1 Å². The van der Waals surface area contributed by atoms with Gasteiger partial charge >= 0.3 is 12.2 Å². The second kappa shape index (κ2) is 13.2. The largest absolute Gasteiger partial charge is 0.446 e. The van der Waals surface area contributed by atoms with Gasteiger partial charge in [-0.1, -0.05) is 39.0 Å². The molecule has 3 N–H and O–H groups in total. The molecule has 2 aliphatic carbocycles. The van der Waals surface area contributed by atoms with E-state index in [2.05, 4.69) is 22.5 Å². The normalized spacial score (nSPS) is 25.6. The highest BCUT2D eigenvalue weighted by Gasteiger charge is 2.61. The summed E-state index contributed by atoms with van der Waals surface area (Å²) in [6.45, 7) is 8.98. The third-order valence-corrected chi connectivity index (χ3v) is 9.47. The predicted octanol–water partition coefficient (Wildman–Crippen LogP) is 2.99. The van der Waals surface area contributed by atoms with Crippen molar-refractivity contribution < 1.29 is 37.8 Å². The van der Waals surface area contributed by atoms with Crippen LogP contribution in [0.4, 0.5) is 14.0 Å². The summed E-state index contributed by atoms with van der Waals surface area (Å²) in [5, 5.41) is 16.5. The van der Waals surface area contributed by atoms with Crippen LogP contribution in [-0.2, 0) is 36.9 Å². The van der Waals surface area contributed by atoms with E-state index in [4.69, 9.17) is 14.7 Å². The number of carbonyl (C=O) groups is 5. The van der Waals surface area contributed by atoms with Gasteiger partial charge in [0.05, 0.1) is 13.1 Å². The molecule has 1 aromatic carbocycles. The van der Waals surface area contributed by atoms with E-state index < -0.39 is 70.8 Å². The number of hydrogen-bond acceptors (Lipinski definition) is 8. The van der Waals surface area contributed by atoms with Crippen LogP contribution in [0.25, 0.3) is 0 Å². The fourth-order valence-corrected chi connectivity index (χ4v) is 6.73. The minimum absolute atomic E-state index is 0.0126. The molecule has 1 aromatic rings. The van der Waals surface area contributed by atoms with Gasteiger partial charge in [0.15, 0.2) is 6.19 Å². The molecule has 0 bridgehead atoms. The number of alkyl carbamates (subject to hydrolysis) is 1. The van der Waals surface area contributed by atoms with E-state index in [1.54, 1.807) is 39.1 Å². The highest BCUT2D eigenvalue weighted by Crippen LogP contribution is 2.45. The number of nitrogens with one attached hydrogen (secondary N) is 3. The fraction of sp³-hybridized carbons (Fsp3) is 0.576. The molecular weight excluding hydrogens is 611 g/mol. The molecule has 5 rings (SSSR count). The van der Waals surface area contributed by atoms with Crippen molar-refractivity contribution in [2.75, 3.05) is 6.54 Å². The number of nitrogens with zero attached hydrogens (tertiary/aromatic N) is 3. The number of halogens is 1. The van der Waals surface area contributed by atoms with Gasteiger partial charge in [0.1, 0.15) is 35.6 Å². The molecule has 1 saturated heterocycles. The quantitative estimate of drug-likeness (QED) is 0.219. The Morgan fingerprint density at radius 2 is 1.85 bits per heavy atom. The minimum atomic E-state index is -1.42. The number of fused-ring (bicyclic) bond motifs is 1. The summed E-state index contributed by atoms with van der Waals surface area (Å²) in [4.78, 5) is 69.6. The highest BCUT2D eigenvalue weighted by molar-refractivity contribution is 5.99. The van der Waals surface area contributed by atoms with Crippen LogP contribution in [0.15, 0.2) is 30.9 Å². The summed E-state index contributed by atoms with van der Waals surface area (Å²) < 4.78 is 25.7. The number of carbonyl (C=O) groups excluding carboxylic acids is 5. The van der Waals surface area contributed by atoms with E-state index in [0.717, 1.165) is 25.7 Å². The van der Waals surface area contributed by atoms with Gasteiger partial charge in [0.25, 0.3) is 5.91 Å². The first-order chi connectivity index (χ1) is 22.3. The number of nitriles is 1. The second-order valence-electron chi connectivity index (χ2n) is 13.8. The SMILES string of the molecule is C=CC1C[C@]1(NC(=O)[C@@H]1C[C@@H](OC(=O)N2Cc3cccc(F)c3C2)CN1C(=O)[C@H](NC(=O)OC1CCCC1)C(C)(C)C)C(=O)NC#N. The van der Waals surface area contributed by atoms with Gasteiger partial charge in [-0.3, -0.25) is 24.6 Å². The summed E-state index contributed by atoms with van der Waals surface area (Å²) in [6, 6.07) is 2.31. The lowest BCUT2D eigenvalue weighted by Gasteiger charge is -2.35. The molecule has 4 aliphatic rings. The third-order valence-electron chi connectivity index (χ3n) is 9.47. The number of hydrogen-bond donors (Lipinski definition) is 3. The number of benzene rings is 1. The summed E-state index contributed by atoms with van der Waals surface area (Å²) >= 11 is 0. The van der Waals surface area contributed by atoms with Crippen molar-refractivity contribution in [3.8, 4) is 6.19 Å². The van der Waals surface area contributed by atoms with Gasteiger partial charge in [0.2, 0.25) is 11.8 Å². The summed E-state index contributed by atoms with van der Waals surface area (Å²) in [6.07, 6.45) is 3.93. The van der Waals surface area contributed by atoms with E-state index in [1.165, 1.54) is 21.9 Å². The Morgan fingerprint density at radius 3 is 2.47 bits per heavy atom. The van der Waals surface area contributed by atoms with E-state index in [9.17, 15) is 28.4 Å². The third kappa shape index (κ3) is 7.03. The molecule has 14 heteroatoms. The average molecular weight is 653 g/mol. The molecule has 0 radical (unpaired) electrons. The Bertz CT molecular complexity index is 1500. The summed E-state index contributed by atoms with van der Waals surface area (Å²) in [5.41, 5.74) is -1.18. The van der Waals surface area contributed by atoms with Crippen molar-refractivity contribution in [1.29, 1.82) is 5.26 Å². The first-order valence-corrected chi connectivity index (χ1v) is 15.9. The van der Waals surface area contributed by atoms with Crippen molar-refractivity contribution in [3.05, 3.63) is 47.8 Å². The van der Waals surface area contributed by atoms with Gasteiger partial charge in [-0.2, -0.15) is 5.26 Å². The Kier molecular flexibility index (Phi) is 9.47. The van der Waals surface area contributed by atoms with Crippen LogP contribution in [0.3, 0.4) is 0 Å². The predicted molar refractivity (Wildman–Crippen MR) is 164 cm³/mol. The second-order valence-corrected chi connectivity index (χ2v) is 13.8. The van der Waals surface area contributed by atoms with Crippen molar-refractivity contribution in [3.63, 3.8) is 0 Å². The maximum atomic E-state index is 14.3. The number of ether oxygens (including phenoxy) is 2. The maximum Gasteiger partial charge on any atom is 0.410 e. The topological polar surface area (TPSA) is 170 Å². The van der Waals surface area contributed by atoms with Crippen molar-refractivity contribution >= 4 is 29.9 Å². The Morgan fingerprint density at radius 1 is 1.13 bits per heavy atom. The molecule has 3 fully saturated rings. The fourth-order valence-electron chi connectivity index (χ4n) is 6.73. The lowest BCUT2D eigenvalue weighted by Crippen LogP contribution is -2.59.